The van der Waals surface area contributed by atoms with Crippen LogP contribution >= 0.6 is 0 Å². The van der Waals surface area contributed by atoms with E-state index in [0.29, 0.717) is 30.4 Å². The first kappa shape index (κ1) is 18.8. The number of fused-ring (bicyclic) bond motifs is 1. The highest BCUT2D eigenvalue weighted by Crippen LogP contribution is 2.05. The Morgan fingerprint density at radius 3 is 2.59 bits per heavy atom. The molecular formula is C21H24N4O2. The number of unbranched alkanes of at least 4 members (excludes halogenated alkanes) is 2. The summed E-state index contributed by atoms with van der Waals surface area (Å²) >= 11 is 0. The topological polar surface area (TPSA) is 76.9 Å². The fourth-order valence-corrected chi connectivity index (χ4v) is 2.97. The molecule has 6 nitrogen and oxygen atoms in total. The number of carbonyl (C=O) groups is 1. The number of nitrogens with zero attached hydrogens (tertiary/aromatic N) is 3. The molecule has 1 amide bonds. The standard InChI is InChI=1S/C21H24N4O2/c26-20(22-15-14-17-9-3-1-4-10-17)13-5-2-8-16-25-21(27)18-11-6-7-12-19(18)23-24-25/h1,3-4,6-7,9-12H,2,5,8,13-16H2,(H,22,26). The number of amides is 1. The Labute approximate surface area is 158 Å². The van der Waals surface area contributed by atoms with Crippen molar-refractivity contribution in [3.8, 4) is 0 Å². The Bertz CT molecular complexity index is 938. The van der Waals surface area contributed by atoms with Crippen molar-refractivity contribution in [2.24, 2.45) is 0 Å². The maximum atomic E-state index is 12.3. The maximum absolute atomic E-state index is 12.3. The third-order valence-electron chi connectivity index (χ3n) is 4.48. The van der Waals surface area contributed by atoms with E-state index in [1.54, 1.807) is 12.1 Å². The van der Waals surface area contributed by atoms with Crippen LogP contribution in [0.2, 0.25) is 0 Å². The van der Waals surface area contributed by atoms with E-state index in [9.17, 15) is 9.59 Å². The number of rotatable bonds is 9. The largest absolute Gasteiger partial charge is 0.356 e. The minimum absolute atomic E-state index is 0.0774. The van der Waals surface area contributed by atoms with Gasteiger partial charge in [0.2, 0.25) is 5.91 Å². The first-order valence-electron chi connectivity index (χ1n) is 9.37. The molecule has 0 atom stereocenters. The van der Waals surface area contributed by atoms with Crippen molar-refractivity contribution in [3.63, 3.8) is 0 Å². The summed E-state index contributed by atoms with van der Waals surface area (Å²) in [6, 6.07) is 17.3. The monoisotopic (exact) mass is 364 g/mol. The minimum atomic E-state index is -0.112. The molecule has 6 heteroatoms. The molecule has 0 radical (unpaired) electrons. The zero-order valence-corrected chi connectivity index (χ0v) is 15.3. The third-order valence-corrected chi connectivity index (χ3v) is 4.48. The summed E-state index contributed by atoms with van der Waals surface area (Å²) in [6.07, 6.45) is 3.81. The fraction of sp³-hybridized carbons (Fsp3) is 0.333. The number of aromatic nitrogens is 3. The third kappa shape index (κ3) is 5.48. The molecule has 140 valence electrons. The molecule has 3 aromatic rings. The van der Waals surface area contributed by atoms with Gasteiger partial charge in [-0.2, -0.15) is 0 Å². The van der Waals surface area contributed by atoms with Crippen molar-refractivity contribution >= 4 is 16.8 Å². The number of hydrogen-bond donors (Lipinski definition) is 1. The lowest BCUT2D eigenvalue weighted by Crippen LogP contribution is -2.25. The summed E-state index contributed by atoms with van der Waals surface area (Å²) in [6.45, 7) is 1.18. The molecule has 0 spiro atoms. The summed E-state index contributed by atoms with van der Waals surface area (Å²) in [5.74, 6) is 0.0774. The van der Waals surface area contributed by atoms with Crippen LogP contribution in [-0.2, 0) is 17.8 Å². The second-order valence-corrected chi connectivity index (χ2v) is 6.53. The smallest absolute Gasteiger partial charge is 0.277 e. The molecule has 0 saturated carbocycles. The van der Waals surface area contributed by atoms with Crippen LogP contribution in [0.1, 0.15) is 31.2 Å². The highest BCUT2D eigenvalue weighted by molar-refractivity contribution is 5.76. The summed E-state index contributed by atoms with van der Waals surface area (Å²) in [5, 5.41) is 11.6. The molecule has 0 aliphatic carbocycles. The molecule has 1 N–H and O–H groups in total. The Hall–Kier alpha value is -3.02. The average Bonchev–Trinajstić information content (AvgIpc) is 2.70. The maximum Gasteiger partial charge on any atom is 0.277 e. The van der Waals surface area contributed by atoms with Crippen LogP contribution in [-0.4, -0.2) is 27.4 Å². The average molecular weight is 364 g/mol. The fourth-order valence-electron chi connectivity index (χ4n) is 2.97. The van der Waals surface area contributed by atoms with E-state index in [0.717, 1.165) is 25.7 Å². The molecule has 1 aromatic heterocycles. The van der Waals surface area contributed by atoms with Gasteiger partial charge in [-0.25, -0.2) is 4.68 Å². The van der Waals surface area contributed by atoms with Crippen LogP contribution < -0.4 is 10.9 Å². The molecule has 0 unspecified atom stereocenters. The van der Waals surface area contributed by atoms with E-state index >= 15 is 0 Å². The molecule has 0 aliphatic heterocycles. The Morgan fingerprint density at radius 2 is 1.74 bits per heavy atom. The zero-order valence-electron chi connectivity index (χ0n) is 15.3. The lowest BCUT2D eigenvalue weighted by atomic mass is 10.1. The van der Waals surface area contributed by atoms with Gasteiger partial charge in [0, 0.05) is 19.5 Å². The minimum Gasteiger partial charge on any atom is -0.356 e. The molecule has 1 heterocycles. The van der Waals surface area contributed by atoms with Crippen molar-refractivity contribution in [1.82, 2.24) is 20.3 Å². The van der Waals surface area contributed by atoms with E-state index in [2.05, 4.69) is 27.8 Å². The van der Waals surface area contributed by atoms with Gasteiger partial charge in [0.1, 0.15) is 5.52 Å². The predicted octanol–water partition coefficient (Wildman–Crippen LogP) is 2.71. The van der Waals surface area contributed by atoms with Crippen LogP contribution in [0.15, 0.2) is 59.4 Å². The number of aryl methyl sites for hydroxylation is 1. The van der Waals surface area contributed by atoms with E-state index in [-0.39, 0.29) is 11.5 Å². The number of nitrogens with one attached hydrogen (secondary N) is 1. The summed E-state index contributed by atoms with van der Waals surface area (Å²) in [4.78, 5) is 24.2. The van der Waals surface area contributed by atoms with Crippen molar-refractivity contribution in [2.75, 3.05) is 6.54 Å². The Morgan fingerprint density at radius 1 is 0.963 bits per heavy atom. The summed E-state index contributed by atoms with van der Waals surface area (Å²) in [5.41, 5.74) is 1.73. The van der Waals surface area contributed by atoms with Gasteiger partial charge < -0.3 is 5.32 Å². The van der Waals surface area contributed by atoms with E-state index in [1.807, 2.05) is 30.3 Å². The van der Waals surface area contributed by atoms with Gasteiger partial charge in [-0.05, 0) is 37.0 Å². The molecule has 0 aliphatic rings. The van der Waals surface area contributed by atoms with Crippen LogP contribution in [0, 0.1) is 0 Å². The van der Waals surface area contributed by atoms with Crippen molar-refractivity contribution in [1.29, 1.82) is 0 Å². The molecular weight excluding hydrogens is 340 g/mol. The van der Waals surface area contributed by atoms with Gasteiger partial charge in [0.05, 0.1) is 5.39 Å². The zero-order chi connectivity index (χ0) is 18.9. The number of hydrogen-bond acceptors (Lipinski definition) is 4. The number of carbonyl (C=O) groups excluding carboxylic acids is 1. The van der Waals surface area contributed by atoms with Gasteiger partial charge >= 0.3 is 0 Å². The molecule has 0 bridgehead atoms. The molecule has 0 fully saturated rings. The molecule has 27 heavy (non-hydrogen) atoms. The first-order chi connectivity index (χ1) is 13.2. The highest BCUT2D eigenvalue weighted by Gasteiger charge is 2.05. The Kier molecular flexibility index (Phi) is 6.68. The second kappa shape index (κ2) is 9.62. The van der Waals surface area contributed by atoms with Gasteiger partial charge in [-0.15, -0.1) is 5.10 Å². The molecule has 3 rings (SSSR count). The van der Waals surface area contributed by atoms with Crippen LogP contribution in [0.25, 0.3) is 10.9 Å². The van der Waals surface area contributed by atoms with Crippen molar-refractivity contribution in [2.45, 2.75) is 38.6 Å². The van der Waals surface area contributed by atoms with Crippen LogP contribution in [0.3, 0.4) is 0 Å². The van der Waals surface area contributed by atoms with Gasteiger partial charge in [0.25, 0.3) is 5.56 Å². The SMILES string of the molecule is O=C(CCCCCn1nnc2ccccc2c1=O)NCCc1ccccc1. The van der Waals surface area contributed by atoms with Crippen molar-refractivity contribution < 1.29 is 4.79 Å². The highest BCUT2D eigenvalue weighted by atomic mass is 16.1. The van der Waals surface area contributed by atoms with Gasteiger partial charge in [0.15, 0.2) is 0 Å². The van der Waals surface area contributed by atoms with E-state index in [4.69, 9.17) is 0 Å². The van der Waals surface area contributed by atoms with Crippen LogP contribution in [0.5, 0.6) is 0 Å². The predicted molar refractivity (Wildman–Crippen MR) is 105 cm³/mol. The van der Waals surface area contributed by atoms with E-state index < -0.39 is 0 Å². The van der Waals surface area contributed by atoms with Crippen molar-refractivity contribution in [3.05, 3.63) is 70.5 Å². The summed E-state index contributed by atoms with van der Waals surface area (Å²) < 4.78 is 1.41. The second-order valence-electron chi connectivity index (χ2n) is 6.53. The Balaban J connectivity index is 1.34. The normalized spacial score (nSPS) is 10.8. The van der Waals surface area contributed by atoms with Gasteiger partial charge in [-0.3, -0.25) is 9.59 Å². The van der Waals surface area contributed by atoms with Crippen LogP contribution in [0.4, 0.5) is 0 Å². The lowest BCUT2D eigenvalue weighted by molar-refractivity contribution is -0.121. The van der Waals surface area contributed by atoms with E-state index in [1.165, 1.54) is 10.2 Å². The quantitative estimate of drug-likeness (QED) is 0.592. The molecule has 0 saturated heterocycles. The number of benzene rings is 2. The lowest BCUT2D eigenvalue weighted by Gasteiger charge is -2.06. The van der Waals surface area contributed by atoms with Gasteiger partial charge in [-0.1, -0.05) is 54.1 Å². The first-order valence-corrected chi connectivity index (χ1v) is 9.37. The molecule has 2 aromatic carbocycles. The summed E-state index contributed by atoms with van der Waals surface area (Å²) in [7, 11) is 0.